The van der Waals surface area contributed by atoms with E-state index in [0.717, 1.165) is 16.7 Å². The fourth-order valence-corrected chi connectivity index (χ4v) is 12.1. The molecule has 9 aromatic rings. The average Bonchev–Trinajstić information content (AvgIpc) is 3.71. The van der Waals surface area contributed by atoms with Crippen LogP contribution in [0.5, 0.6) is 0 Å². The fraction of sp³-hybridized carbons (Fsp3) is 0. The van der Waals surface area contributed by atoms with Gasteiger partial charge in [0, 0.05) is 21.8 Å². The van der Waals surface area contributed by atoms with E-state index in [4.69, 9.17) is 0 Å². The van der Waals surface area contributed by atoms with Crippen molar-refractivity contribution >= 4 is 67.0 Å². The lowest BCUT2D eigenvalue weighted by molar-refractivity contribution is 1.01. The monoisotopic (exact) mass is 565 g/mol. The number of hydrogen-bond donors (Lipinski definition) is 0. The Kier molecular flexibility index (Phi) is 5.22. The molecule has 0 atom stereocenters. The summed E-state index contributed by atoms with van der Waals surface area (Å²) in [7, 11) is -2.58. The van der Waals surface area contributed by atoms with Crippen LogP contribution in [0, 0.1) is 0 Å². The van der Waals surface area contributed by atoms with Gasteiger partial charge in [-0.25, -0.2) is 4.52 Å². The van der Waals surface area contributed by atoms with Crippen LogP contribution in [0.3, 0.4) is 0 Å². The molecule has 0 spiro atoms. The summed E-state index contributed by atoms with van der Waals surface area (Å²) < 4.78 is 4.50. The summed E-state index contributed by atoms with van der Waals surface area (Å²) in [5.41, 5.74) is 5.86. The minimum atomic E-state index is -2.58. The molecule has 0 aliphatic carbocycles. The molecule has 0 aliphatic heterocycles. The number of benzene rings is 6. The Morgan fingerprint density at radius 3 is 1.51 bits per heavy atom. The summed E-state index contributed by atoms with van der Waals surface area (Å²) in [5, 5.41) is 14.0. The van der Waals surface area contributed by atoms with Crippen LogP contribution < -0.4 is 20.7 Å². The van der Waals surface area contributed by atoms with E-state index in [2.05, 4.69) is 172 Å². The van der Waals surface area contributed by atoms with E-state index in [1.54, 1.807) is 0 Å². The highest BCUT2D eigenvalue weighted by Gasteiger charge is 2.41. The number of aromatic nitrogens is 3. The van der Waals surface area contributed by atoms with Gasteiger partial charge in [-0.3, -0.25) is 0 Å². The highest BCUT2D eigenvalue weighted by Crippen LogP contribution is 2.40. The predicted molar refractivity (Wildman–Crippen MR) is 182 cm³/mol. The number of nitrogens with zero attached hydrogens (tertiary/aromatic N) is 3. The van der Waals surface area contributed by atoms with E-state index >= 15 is 0 Å². The Hall–Kier alpha value is -5.45. The first-order valence-corrected chi connectivity index (χ1v) is 16.7. The number of fused-ring (bicyclic) bond motifs is 3. The molecular formula is C39H27N3Si. The van der Waals surface area contributed by atoms with Crippen LogP contribution in [0.4, 0.5) is 0 Å². The number of pyridine rings is 1. The van der Waals surface area contributed by atoms with Gasteiger partial charge >= 0.3 is 0 Å². The third kappa shape index (κ3) is 3.32. The van der Waals surface area contributed by atoms with Crippen LogP contribution >= 0.6 is 0 Å². The van der Waals surface area contributed by atoms with E-state index in [0.29, 0.717) is 0 Å². The highest BCUT2D eigenvalue weighted by atomic mass is 28.3. The smallest absolute Gasteiger partial charge is 0.179 e. The first-order valence-electron chi connectivity index (χ1n) is 14.7. The first kappa shape index (κ1) is 24.2. The maximum atomic E-state index is 4.69. The Balaban J connectivity index is 1.32. The fourth-order valence-electron chi connectivity index (χ4n) is 7.38. The van der Waals surface area contributed by atoms with E-state index in [1.807, 2.05) is 6.20 Å². The second-order valence-electron chi connectivity index (χ2n) is 11.2. The molecule has 0 saturated heterocycles. The Morgan fingerprint density at radius 2 is 0.907 bits per heavy atom. The molecule has 0 unspecified atom stereocenters. The van der Waals surface area contributed by atoms with Crippen molar-refractivity contribution in [1.29, 1.82) is 0 Å². The zero-order valence-electron chi connectivity index (χ0n) is 23.4. The maximum Gasteiger partial charge on any atom is 0.179 e. The second-order valence-corrected chi connectivity index (χ2v) is 15.0. The second kappa shape index (κ2) is 9.28. The molecule has 0 bridgehead atoms. The van der Waals surface area contributed by atoms with Crippen LogP contribution in [-0.4, -0.2) is 22.3 Å². The molecule has 0 fully saturated rings. The Morgan fingerprint density at radius 1 is 0.395 bits per heavy atom. The van der Waals surface area contributed by atoms with E-state index in [9.17, 15) is 0 Å². The molecule has 6 aromatic carbocycles. The maximum absolute atomic E-state index is 4.69. The van der Waals surface area contributed by atoms with Gasteiger partial charge < -0.3 is 4.57 Å². The third-order valence-electron chi connectivity index (χ3n) is 9.12. The molecule has 43 heavy (non-hydrogen) atoms. The molecule has 4 heteroatoms. The average molecular weight is 566 g/mol. The normalized spacial score (nSPS) is 12.2. The molecule has 0 saturated carbocycles. The van der Waals surface area contributed by atoms with E-state index in [-0.39, 0.29) is 0 Å². The summed E-state index contributed by atoms with van der Waals surface area (Å²) in [4.78, 5) is 0. The molecule has 0 radical (unpaired) electrons. The summed E-state index contributed by atoms with van der Waals surface area (Å²) in [6, 6.07) is 58.0. The summed E-state index contributed by atoms with van der Waals surface area (Å²) >= 11 is 0. The largest absolute Gasteiger partial charge is 0.309 e. The van der Waals surface area contributed by atoms with Gasteiger partial charge in [-0.15, -0.1) is 0 Å². The molecule has 0 amide bonds. The van der Waals surface area contributed by atoms with Crippen LogP contribution in [0.2, 0.25) is 0 Å². The van der Waals surface area contributed by atoms with Crippen molar-refractivity contribution in [2.75, 3.05) is 0 Å². The molecule has 202 valence electrons. The van der Waals surface area contributed by atoms with Crippen molar-refractivity contribution < 1.29 is 0 Å². The van der Waals surface area contributed by atoms with Crippen molar-refractivity contribution in [1.82, 2.24) is 14.2 Å². The summed E-state index contributed by atoms with van der Waals surface area (Å²) in [6.45, 7) is 0. The lowest BCUT2D eigenvalue weighted by atomic mass is 10.1. The van der Waals surface area contributed by atoms with Gasteiger partial charge in [-0.05, 0) is 57.1 Å². The summed E-state index contributed by atoms with van der Waals surface area (Å²) in [6.07, 6.45) is 1.90. The molecule has 0 aliphatic rings. The van der Waals surface area contributed by atoms with Gasteiger partial charge in [0.15, 0.2) is 8.07 Å². The van der Waals surface area contributed by atoms with Crippen LogP contribution in [0.15, 0.2) is 164 Å². The van der Waals surface area contributed by atoms with Crippen LogP contribution in [-0.2, 0) is 0 Å². The Bertz CT molecular complexity index is 2190. The van der Waals surface area contributed by atoms with Gasteiger partial charge in [0.1, 0.15) is 0 Å². The van der Waals surface area contributed by atoms with Crippen LogP contribution in [0.25, 0.3) is 43.9 Å². The molecular weight excluding hydrogens is 539 g/mol. The number of rotatable bonds is 5. The van der Waals surface area contributed by atoms with Crippen molar-refractivity contribution in [2.24, 2.45) is 0 Å². The minimum Gasteiger partial charge on any atom is -0.309 e. The van der Waals surface area contributed by atoms with Crippen molar-refractivity contribution in [3.05, 3.63) is 164 Å². The van der Waals surface area contributed by atoms with Crippen LogP contribution in [0.1, 0.15) is 0 Å². The van der Waals surface area contributed by atoms with Gasteiger partial charge in [-0.1, -0.05) is 121 Å². The molecule has 9 rings (SSSR count). The zero-order chi connectivity index (χ0) is 28.4. The van der Waals surface area contributed by atoms with Crippen molar-refractivity contribution in [3.8, 4) is 5.69 Å². The van der Waals surface area contributed by atoms with Crippen molar-refractivity contribution in [3.63, 3.8) is 0 Å². The van der Waals surface area contributed by atoms with E-state index in [1.165, 1.54) is 47.9 Å². The SMILES string of the molecule is c1ccc([Si](c2ccccc2)(c2ccccc2)c2ccc(-n3c4cccc5c4c4c3cccc4n3nccc53)cc2)cc1. The minimum absolute atomic E-state index is 1.14. The number of hydrogen-bond acceptors (Lipinski definition) is 1. The molecule has 3 nitrogen and oxygen atoms in total. The van der Waals surface area contributed by atoms with Gasteiger partial charge in [-0.2, -0.15) is 5.10 Å². The summed E-state index contributed by atoms with van der Waals surface area (Å²) in [5.74, 6) is 0. The predicted octanol–water partition coefficient (Wildman–Crippen LogP) is 6.40. The lowest BCUT2D eigenvalue weighted by Crippen LogP contribution is -2.74. The third-order valence-corrected chi connectivity index (χ3v) is 13.9. The highest BCUT2D eigenvalue weighted by molar-refractivity contribution is 7.19. The Labute approximate surface area is 250 Å². The topological polar surface area (TPSA) is 22.2 Å². The van der Waals surface area contributed by atoms with Crippen molar-refractivity contribution in [2.45, 2.75) is 0 Å². The quantitative estimate of drug-likeness (QED) is 0.135. The lowest BCUT2D eigenvalue weighted by Gasteiger charge is -2.34. The molecule has 0 N–H and O–H groups in total. The zero-order valence-corrected chi connectivity index (χ0v) is 24.4. The van der Waals surface area contributed by atoms with Gasteiger partial charge in [0.05, 0.1) is 28.3 Å². The van der Waals surface area contributed by atoms with Gasteiger partial charge in [0.2, 0.25) is 0 Å². The first-order chi connectivity index (χ1) is 21.4. The standard InChI is InChI=1S/C39H27N3Si/c1-4-12-29(13-5-1)43(30-14-6-2-7-15-30,31-16-8-3-9-17-31)32-24-22-28(23-25-32)41-35-19-10-18-33-34-26-27-40-42(34)37-21-11-20-36(41)39(37)38(33)35/h1-27H. The molecule has 3 aromatic heterocycles. The molecule has 3 heterocycles. The van der Waals surface area contributed by atoms with Gasteiger partial charge in [0.25, 0.3) is 0 Å². The van der Waals surface area contributed by atoms with E-state index < -0.39 is 8.07 Å².